The number of ether oxygens (including phenoxy) is 2. The van der Waals surface area contributed by atoms with Crippen LogP contribution in [-0.4, -0.2) is 73.0 Å². The topological polar surface area (TPSA) is 186 Å². The normalized spacial score (nSPS) is 19.4. The molecule has 1 saturated heterocycles. The summed E-state index contributed by atoms with van der Waals surface area (Å²) in [6.45, 7) is 5.38. The average Bonchev–Trinajstić information content (AvgIpc) is 3.39. The number of carbonyl (C=O) groups excluding carboxylic acids is 4. The number of oxime groups is 1. The van der Waals surface area contributed by atoms with E-state index in [1.165, 1.54) is 29.0 Å². The number of nitrogen functional groups attached to an aromatic ring is 1. The number of fused-ring (bicyclic) bond motifs is 1. The van der Waals surface area contributed by atoms with E-state index >= 15 is 0 Å². The highest BCUT2D eigenvalue weighted by molar-refractivity contribution is 8.00. The Morgan fingerprint density at radius 3 is 2.71 bits per heavy atom. The molecular weight excluding hydrogens is 584 g/mol. The quantitative estimate of drug-likeness (QED) is 0.0843. The van der Waals surface area contributed by atoms with Gasteiger partial charge in [-0.2, -0.15) is 0 Å². The second-order valence-electron chi connectivity index (χ2n) is 9.77. The van der Waals surface area contributed by atoms with Crippen LogP contribution >= 0.6 is 23.1 Å². The number of hydrogen-bond acceptors (Lipinski definition) is 13. The first kappa shape index (κ1) is 30.7. The van der Waals surface area contributed by atoms with Crippen LogP contribution in [0.4, 0.5) is 5.13 Å². The molecule has 0 aromatic carbocycles. The van der Waals surface area contributed by atoms with Gasteiger partial charge in [-0.25, -0.2) is 9.78 Å². The molecule has 1 unspecified atom stereocenters. The molecule has 2 aromatic rings. The lowest BCUT2D eigenvalue weighted by molar-refractivity contribution is -0.184. The number of esters is 2. The van der Waals surface area contributed by atoms with Crippen LogP contribution in [0.2, 0.25) is 0 Å². The number of β-lactam (4-membered cyclic amide) rings is 1. The summed E-state index contributed by atoms with van der Waals surface area (Å²) in [5, 5.41) is 16.0. The van der Waals surface area contributed by atoms with Crippen LogP contribution in [0.1, 0.15) is 44.9 Å². The number of thioether (sulfide) groups is 1. The van der Waals surface area contributed by atoms with Crippen LogP contribution < -0.4 is 11.1 Å². The number of thiazole rings is 1. The van der Waals surface area contributed by atoms with Crippen molar-refractivity contribution in [2.45, 2.75) is 51.3 Å². The van der Waals surface area contributed by atoms with Gasteiger partial charge in [0.25, 0.3) is 11.8 Å². The zero-order valence-corrected chi connectivity index (χ0v) is 24.7. The molecule has 3 atom stereocenters. The third-order valence-corrected chi connectivity index (χ3v) is 8.19. The number of aromatic nitrogens is 2. The summed E-state index contributed by atoms with van der Waals surface area (Å²) in [5.74, 6) is -2.16. The van der Waals surface area contributed by atoms with Crippen LogP contribution in [0.5, 0.6) is 0 Å². The molecule has 4 N–H and O–H groups in total. The SMILES string of the molecule is CC(C)CCC(=O)OC(C)OC(=O)C1=C(/C=C\c2cccnc2)CS[C@@H]2[C@H](NC(=O)/C(=N\O)c3csc(N)n3)C(=O)N12. The van der Waals surface area contributed by atoms with Crippen molar-refractivity contribution in [1.82, 2.24) is 20.2 Å². The number of nitrogens with zero attached hydrogens (tertiary/aromatic N) is 4. The number of anilines is 1. The Labute approximate surface area is 249 Å². The van der Waals surface area contributed by atoms with Gasteiger partial charge in [0.2, 0.25) is 6.29 Å². The van der Waals surface area contributed by atoms with Gasteiger partial charge < -0.3 is 25.7 Å². The van der Waals surface area contributed by atoms with Crippen LogP contribution in [0.3, 0.4) is 0 Å². The molecule has 15 heteroatoms. The number of pyridine rings is 1. The third kappa shape index (κ3) is 7.15. The lowest BCUT2D eigenvalue weighted by atomic mass is 10.0. The fourth-order valence-electron chi connectivity index (χ4n) is 4.13. The molecule has 2 aliphatic heterocycles. The molecule has 222 valence electrons. The second kappa shape index (κ2) is 13.6. The Kier molecular flexibility index (Phi) is 9.96. The van der Waals surface area contributed by atoms with Crippen molar-refractivity contribution >= 4 is 63.8 Å². The molecule has 0 aliphatic carbocycles. The Bertz CT molecular complexity index is 1440. The molecule has 4 heterocycles. The highest BCUT2D eigenvalue weighted by Gasteiger charge is 2.54. The largest absolute Gasteiger partial charge is 0.425 e. The number of nitrogens with one attached hydrogen (secondary N) is 1. The van der Waals surface area contributed by atoms with E-state index in [1.54, 1.807) is 30.6 Å². The summed E-state index contributed by atoms with van der Waals surface area (Å²) in [4.78, 5) is 61.0. The van der Waals surface area contributed by atoms with Crippen molar-refractivity contribution in [2.24, 2.45) is 11.1 Å². The van der Waals surface area contributed by atoms with E-state index in [0.29, 0.717) is 23.7 Å². The molecule has 42 heavy (non-hydrogen) atoms. The minimum Gasteiger partial charge on any atom is -0.425 e. The molecular formula is C27H30N6O7S2. The Morgan fingerprint density at radius 2 is 2.07 bits per heavy atom. The minimum atomic E-state index is -1.19. The van der Waals surface area contributed by atoms with Crippen LogP contribution in [-0.2, 0) is 28.7 Å². The summed E-state index contributed by atoms with van der Waals surface area (Å²) in [7, 11) is 0. The number of allylic oxidation sites excluding steroid dienone is 1. The fourth-order valence-corrected chi connectivity index (χ4v) is 6.00. The molecule has 2 amide bonds. The Morgan fingerprint density at radius 1 is 1.29 bits per heavy atom. The average molecular weight is 615 g/mol. The van der Waals surface area contributed by atoms with E-state index in [-0.39, 0.29) is 22.9 Å². The number of amides is 2. The van der Waals surface area contributed by atoms with Crippen LogP contribution in [0.25, 0.3) is 6.08 Å². The smallest absolute Gasteiger partial charge is 0.358 e. The molecule has 1 fully saturated rings. The number of nitrogens with two attached hydrogens (primary N) is 1. The zero-order chi connectivity index (χ0) is 30.4. The van der Waals surface area contributed by atoms with Gasteiger partial charge in [-0.3, -0.25) is 24.3 Å². The lowest BCUT2D eigenvalue weighted by Gasteiger charge is -2.49. The maximum Gasteiger partial charge on any atom is 0.358 e. The van der Waals surface area contributed by atoms with Crippen molar-refractivity contribution in [2.75, 3.05) is 11.5 Å². The summed E-state index contributed by atoms with van der Waals surface area (Å²) in [6, 6.07) is 2.57. The summed E-state index contributed by atoms with van der Waals surface area (Å²) < 4.78 is 10.7. The Balaban J connectivity index is 1.53. The molecule has 2 aromatic heterocycles. The maximum atomic E-state index is 13.4. The van der Waals surface area contributed by atoms with Crippen molar-refractivity contribution in [3.05, 3.63) is 58.5 Å². The first-order chi connectivity index (χ1) is 20.1. The van der Waals surface area contributed by atoms with E-state index in [2.05, 4.69) is 20.4 Å². The molecule has 0 radical (unpaired) electrons. The molecule has 2 aliphatic rings. The summed E-state index contributed by atoms with van der Waals surface area (Å²) in [6.07, 6.45) is 6.33. The van der Waals surface area contributed by atoms with Gasteiger partial charge in [-0.15, -0.1) is 23.1 Å². The van der Waals surface area contributed by atoms with E-state index in [4.69, 9.17) is 15.2 Å². The Hall–Kier alpha value is -4.24. The predicted octanol–water partition coefficient (Wildman–Crippen LogP) is 2.53. The highest BCUT2D eigenvalue weighted by Crippen LogP contribution is 2.41. The molecule has 0 spiro atoms. The maximum absolute atomic E-state index is 13.4. The van der Waals surface area contributed by atoms with Crippen molar-refractivity contribution in [3.63, 3.8) is 0 Å². The number of carbonyl (C=O) groups is 4. The molecule has 0 saturated carbocycles. The number of hydrogen-bond donors (Lipinski definition) is 3. The van der Waals surface area contributed by atoms with Gasteiger partial charge in [-0.05, 0) is 29.5 Å². The van der Waals surface area contributed by atoms with Crippen molar-refractivity contribution in [1.29, 1.82) is 0 Å². The minimum absolute atomic E-state index is 0.0252. The van der Waals surface area contributed by atoms with E-state index in [1.807, 2.05) is 19.9 Å². The van der Waals surface area contributed by atoms with Gasteiger partial charge in [0.1, 0.15) is 22.8 Å². The summed E-state index contributed by atoms with van der Waals surface area (Å²) in [5.41, 5.74) is 6.51. The number of rotatable bonds is 11. The summed E-state index contributed by atoms with van der Waals surface area (Å²) >= 11 is 2.38. The zero-order valence-electron chi connectivity index (χ0n) is 23.1. The van der Waals surface area contributed by atoms with Gasteiger partial charge in [0.05, 0.1) is 0 Å². The van der Waals surface area contributed by atoms with Crippen LogP contribution in [0.15, 0.2) is 52.4 Å². The predicted molar refractivity (Wildman–Crippen MR) is 156 cm³/mol. The fraction of sp³-hybridized carbons (Fsp3) is 0.370. The molecule has 0 bridgehead atoms. The third-order valence-electron chi connectivity index (χ3n) is 6.21. The van der Waals surface area contributed by atoms with Gasteiger partial charge >= 0.3 is 11.9 Å². The highest BCUT2D eigenvalue weighted by atomic mass is 32.2. The van der Waals surface area contributed by atoms with Gasteiger partial charge in [0, 0.05) is 36.9 Å². The first-order valence-corrected chi connectivity index (χ1v) is 14.9. The molecule has 4 rings (SSSR count). The van der Waals surface area contributed by atoms with Crippen molar-refractivity contribution < 1.29 is 33.9 Å². The first-order valence-electron chi connectivity index (χ1n) is 13.0. The van der Waals surface area contributed by atoms with E-state index < -0.39 is 47.2 Å². The lowest BCUT2D eigenvalue weighted by Crippen LogP contribution is -2.71. The monoisotopic (exact) mass is 614 g/mol. The molecule has 13 nitrogen and oxygen atoms in total. The van der Waals surface area contributed by atoms with E-state index in [9.17, 15) is 24.4 Å². The van der Waals surface area contributed by atoms with Gasteiger partial charge in [-0.1, -0.05) is 37.2 Å². The van der Waals surface area contributed by atoms with E-state index in [0.717, 1.165) is 16.9 Å². The second-order valence-corrected chi connectivity index (χ2v) is 11.8. The van der Waals surface area contributed by atoms with Crippen molar-refractivity contribution in [3.8, 4) is 0 Å². The van der Waals surface area contributed by atoms with Crippen LogP contribution in [0, 0.1) is 5.92 Å². The van der Waals surface area contributed by atoms with Gasteiger partial charge in [0.15, 0.2) is 10.8 Å². The standard InChI is InChI=1S/C27H30N6O7S2/c1-14(2)6-9-19(34)39-15(3)40-26(37)22-17(8-7-16-5-4-10-29-11-16)12-41-25-21(24(36)33(22)25)31-23(35)20(32-38)18-13-42-27(28)30-18/h4-5,7-8,10-11,13-15,21,25,38H,6,9,12H2,1-3H3,(H2,28,30)(H,31,35)/b8-7-,32-20-/t15?,21-,25-/m1/s1.